The number of hydrogen-bond donors (Lipinski definition) is 2. The topological polar surface area (TPSA) is 48.4 Å². The van der Waals surface area contributed by atoms with E-state index in [0.29, 0.717) is 0 Å². The summed E-state index contributed by atoms with van der Waals surface area (Å²) in [4.78, 5) is 7.93. The lowest BCUT2D eigenvalue weighted by molar-refractivity contribution is 0.457. The average molecular weight is 326 g/mol. The van der Waals surface area contributed by atoms with Crippen LogP contribution in [0, 0.1) is 6.92 Å². The minimum absolute atomic E-state index is 0.136. The third-order valence-corrected chi connectivity index (χ3v) is 4.21. The highest BCUT2D eigenvalue weighted by atomic mass is 16.3. The third kappa shape index (κ3) is 2.92. The molecule has 3 nitrogen and oxygen atoms in total. The number of aromatic nitrogens is 1. The van der Waals surface area contributed by atoms with Gasteiger partial charge in [0, 0.05) is 16.5 Å². The molecule has 25 heavy (non-hydrogen) atoms. The molecule has 2 N–H and O–H groups in total. The Morgan fingerprint density at radius 1 is 0.880 bits per heavy atom. The standard InChI is InChI=1S/C22H18N2O/c1-15-8-7-11-17(14-15)23-21(16-9-3-2-4-10-16)20-18-12-5-6-13-19(18)24-22(20)25/h2-14,24-25H,1H3. The van der Waals surface area contributed by atoms with Crippen LogP contribution in [0.3, 0.4) is 0 Å². The molecule has 3 heteroatoms. The summed E-state index contributed by atoms with van der Waals surface area (Å²) >= 11 is 0. The minimum atomic E-state index is 0.136. The van der Waals surface area contributed by atoms with Gasteiger partial charge in [0.2, 0.25) is 0 Å². The number of aliphatic imine (C=N–C) groups is 1. The van der Waals surface area contributed by atoms with Crippen LogP contribution >= 0.6 is 0 Å². The summed E-state index contributed by atoms with van der Waals surface area (Å²) in [5.74, 6) is 0.136. The fraction of sp³-hybridized carbons (Fsp3) is 0.0455. The molecule has 0 saturated heterocycles. The number of aryl methyl sites for hydroxylation is 1. The fourth-order valence-corrected chi connectivity index (χ4v) is 3.05. The molecular formula is C22H18N2O. The van der Waals surface area contributed by atoms with Gasteiger partial charge >= 0.3 is 0 Å². The van der Waals surface area contributed by atoms with Gasteiger partial charge < -0.3 is 10.1 Å². The predicted octanol–water partition coefficient (Wildman–Crippen LogP) is 5.35. The lowest BCUT2D eigenvalue weighted by atomic mass is 10.0. The van der Waals surface area contributed by atoms with Gasteiger partial charge in [0.15, 0.2) is 5.88 Å². The highest BCUT2D eigenvalue weighted by Crippen LogP contribution is 2.31. The smallest absolute Gasteiger partial charge is 0.199 e. The first kappa shape index (κ1) is 15.2. The maximum atomic E-state index is 10.6. The van der Waals surface area contributed by atoms with Crippen LogP contribution in [0.25, 0.3) is 10.9 Å². The van der Waals surface area contributed by atoms with Crippen LogP contribution < -0.4 is 0 Å². The molecule has 0 amide bonds. The van der Waals surface area contributed by atoms with Crippen LogP contribution in [0.15, 0.2) is 83.9 Å². The number of H-pyrrole nitrogens is 1. The molecule has 0 aliphatic heterocycles. The van der Waals surface area contributed by atoms with Crippen LogP contribution in [0.2, 0.25) is 0 Å². The van der Waals surface area contributed by atoms with Crippen molar-refractivity contribution in [1.82, 2.24) is 4.98 Å². The van der Waals surface area contributed by atoms with Gasteiger partial charge in [-0.3, -0.25) is 0 Å². The van der Waals surface area contributed by atoms with E-state index in [1.54, 1.807) is 0 Å². The minimum Gasteiger partial charge on any atom is -0.494 e. The molecule has 0 radical (unpaired) electrons. The Kier molecular flexibility index (Phi) is 3.82. The normalized spacial score (nSPS) is 11.8. The lowest BCUT2D eigenvalue weighted by Gasteiger charge is -2.08. The maximum absolute atomic E-state index is 10.6. The predicted molar refractivity (Wildman–Crippen MR) is 103 cm³/mol. The Hall–Kier alpha value is -3.33. The number of nitrogens with zero attached hydrogens (tertiary/aromatic N) is 1. The molecule has 0 atom stereocenters. The maximum Gasteiger partial charge on any atom is 0.199 e. The molecule has 0 spiro atoms. The van der Waals surface area contributed by atoms with Crippen LogP contribution in [-0.4, -0.2) is 15.8 Å². The number of aromatic amines is 1. The molecule has 3 aromatic carbocycles. The Bertz CT molecular complexity index is 1060. The Balaban J connectivity index is 1.99. The highest BCUT2D eigenvalue weighted by molar-refractivity contribution is 6.21. The van der Waals surface area contributed by atoms with E-state index >= 15 is 0 Å². The van der Waals surface area contributed by atoms with Gasteiger partial charge in [-0.15, -0.1) is 0 Å². The largest absolute Gasteiger partial charge is 0.494 e. The zero-order chi connectivity index (χ0) is 17.2. The number of para-hydroxylation sites is 1. The lowest BCUT2D eigenvalue weighted by Crippen LogP contribution is -2.02. The molecule has 0 aliphatic rings. The van der Waals surface area contributed by atoms with Crippen LogP contribution in [0.1, 0.15) is 16.7 Å². The first-order valence-electron chi connectivity index (χ1n) is 8.23. The molecule has 4 rings (SSSR count). The van der Waals surface area contributed by atoms with E-state index in [1.807, 2.05) is 85.8 Å². The molecular weight excluding hydrogens is 308 g/mol. The molecule has 1 aromatic heterocycles. The number of nitrogens with one attached hydrogen (secondary N) is 1. The van der Waals surface area contributed by atoms with Crippen molar-refractivity contribution in [2.24, 2.45) is 4.99 Å². The van der Waals surface area contributed by atoms with Gasteiger partial charge in [0.05, 0.1) is 17.0 Å². The average Bonchev–Trinajstić information content (AvgIpc) is 2.96. The van der Waals surface area contributed by atoms with Crippen LogP contribution in [0.4, 0.5) is 5.69 Å². The van der Waals surface area contributed by atoms with E-state index in [-0.39, 0.29) is 5.88 Å². The monoisotopic (exact) mass is 326 g/mol. The van der Waals surface area contributed by atoms with Gasteiger partial charge in [-0.25, -0.2) is 4.99 Å². The molecule has 122 valence electrons. The summed E-state index contributed by atoms with van der Waals surface area (Å²) in [5, 5.41) is 11.5. The summed E-state index contributed by atoms with van der Waals surface area (Å²) < 4.78 is 0. The van der Waals surface area contributed by atoms with Crippen molar-refractivity contribution in [3.63, 3.8) is 0 Å². The van der Waals surface area contributed by atoms with Crippen molar-refractivity contribution < 1.29 is 5.11 Å². The molecule has 0 fully saturated rings. The summed E-state index contributed by atoms with van der Waals surface area (Å²) in [5.41, 5.74) is 5.34. The number of hydrogen-bond acceptors (Lipinski definition) is 2. The van der Waals surface area contributed by atoms with Crippen molar-refractivity contribution in [3.8, 4) is 5.88 Å². The van der Waals surface area contributed by atoms with Gasteiger partial charge in [0.1, 0.15) is 0 Å². The molecule has 0 bridgehead atoms. The van der Waals surface area contributed by atoms with Gasteiger partial charge in [-0.05, 0) is 30.7 Å². The van der Waals surface area contributed by atoms with Crippen molar-refractivity contribution in [3.05, 3.63) is 95.6 Å². The molecule has 1 heterocycles. The fourth-order valence-electron chi connectivity index (χ4n) is 3.05. The summed E-state index contributed by atoms with van der Waals surface area (Å²) in [6.45, 7) is 2.05. The van der Waals surface area contributed by atoms with E-state index in [4.69, 9.17) is 4.99 Å². The molecule has 0 unspecified atom stereocenters. The van der Waals surface area contributed by atoms with Crippen molar-refractivity contribution >= 4 is 22.3 Å². The summed E-state index contributed by atoms with van der Waals surface area (Å²) in [6, 6.07) is 25.9. The summed E-state index contributed by atoms with van der Waals surface area (Å²) in [7, 11) is 0. The Morgan fingerprint density at radius 3 is 2.44 bits per heavy atom. The van der Waals surface area contributed by atoms with Crippen molar-refractivity contribution in [2.45, 2.75) is 6.92 Å². The van der Waals surface area contributed by atoms with E-state index in [9.17, 15) is 5.11 Å². The van der Waals surface area contributed by atoms with Gasteiger partial charge in [-0.1, -0.05) is 60.7 Å². The van der Waals surface area contributed by atoms with E-state index in [1.165, 1.54) is 0 Å². The summed E-state index contributed by atoms with van der Waals surface area (Å²) in [6.07, 6.45) is 0. The second-order valence-electron chi connectivity index (χ2n) is 6.06. The zero-order valence-electron chi connectivity index (χ0n) is 13.9. The first-order chi connectivity index (χ1) is 12.2. The number of rotatable bonds is 3. The van der Waals surface area contributed by atoms with Crippen molar-refractivity contribution in [2.75, 3.05) is 0 Å². The van der Waals surface area contributed by atoms with E-state index in [2.05, 4.69) is 4.98 Å². The quantitative estimate of drug-likeness (QED) is 0.490. The zero-order valence-corrected chi connectivity index (χ0v) is 13.9. The molecule has 0 aliphatic carbocycles. The number of fused-ring (bicyclic) bond motifs is 1. The van der Waals surface area contributed by atoms with E-state index < -0.39 is 0 Å². The van der Waals surface area contributed by atoms with E-state index in [0.717, 1.165) is 39.0 Å². The second kappa shape index (κ2) is 6.29. The van der Waals surface area contributed by atoms with Crippen molar-refractivity contribution in [1.29, 1.82) is 0 Å². The molecule has 0 saturated carbocycles. The first-order valence-corrected chi connectivity index (χ1v) is 8.23. The van der Waals surface area contributed by atoms with Gasteiger partial charge in [0.25, 0.3) is 0 Å². The SMILES string of the molecule is Cc1cccc(N=C(c2ccccc2)c2c(O)[nH]c3ccccc23)c1. The van der Waals surface area contributed by atoms with Crippen LogP contribution in [-0.2, 0) is 0 Å². The van der Waals surface area contributed by atoms with Crippen LogP contribution in [0.5, 0.6) is 5.88 Å². The van der Waals surface area contributed by atoms with Gasteiger partial charge in [-0.2, -0.15) is 0 Å². The third-order valence-electron chi connectivity index (χ3n) is 4.21. The Morgan fingerprint density at radius 2 is 1.64 bits per heavy atom. The number of benzene rings is 3. The highest BCUT2D eigenvalue weighted by Gasteiger charge is 2.18. The Labute approximate surface area is 146 Å². The second-order valence-corrected chi connectivity index (χ2v) is 6.06. The number of aromatic hydroxyl groups is 1. The molecule has 4 aromatic rings.